The normalized spacial score (nSPS) is 10.5. The molecule has 0 bridgehead atoms. The second kappa shape index (κ2) is 7.73. The smallest absolute Gasteiger partial charge is 0.0711 e. The first kappa shape index (κ1) is 16.9. The maximum Gasteiger partial charge on any atom is 0.0711 e. The number of pyridine rings is 1. The van der Waals surface area contributed by atoms with Gasteiger partial charge in [-0.05, 0) is 48.6 Å². The van der Waals surface area contributed by atoms with Crippen LogP contribution in [0.5, 0.6) is 0 Å². The average Bonchev–Trinajstić information content (AvgIpc) is 2.52. The summed E-state index contributed by atoms with van der Waals surface area (Å²) in [6, 6.07) is 19.6. The Balaban J connectivity index is 0.00000176. The quantitative estimate of drug-likeness (QED) is 0.475. The maximum atomic E-state index is 4.62. The van der Waals surface area contributed by atoms with Gasteiger partial charge in [0, 0.05) is 11.1 Å². The molecule has 0 radical (unpaired) electrons. The molecule has 0 aliphatic rings. The first-order valence-electron chi connectivity index (χ1n) is 7.73. The zero-order chi connectivity index (χ0) is 14.7. The van der Waals surface area contributed by atoms with Gasteiger partial charge in [0.1, 0.15) is 0 Å². The summed E-state index contributed by atoms with van der Waals surface area (Å²) < 4.78 is 0. The molecule has 22 heavy (non-hydrogen) atoms. The van der Waals surface area contributed by atoms with E-state index in [1.165, 1.54) is 41.3 Å². The zero-order valence-corrected chi connectivity index (χ0v) is 15.5. The number of nitrogens with zero attached hydrogens (tertiary/aromatic N) is 1. The molecule has 0 fully saturated rings. The van der Waals surface area contributed by atoms with E-state index in [4.69, 9.17) is 0 Å². The lowest BCUT2D eigenvalue weighted by atomic mass is 9.98. The van der Waals surface area contributed by atoms with Gasteiger partial charge in [-0.3, -0.25) is 4.98 Å². The van der Waals surface area contributed by atoms with Crippen molar-refractivity contribution in [2.75, 3.05) is 0 Å². The Morgan fingerprint density at radius 3 is 2.41 bits per heavy atom. The molecule has 3 aromatic rings. The number of halogens is 1. The lowest BCUT2D eigenvalue weighted by Gasteiger charge is -2.09. The monoisotopic (exact) mass is 403 g/mol. The average molecular weight is 403 g/mol. The highest BCUT2D eigenvalue weighted by molar-refractivity contribution is 14.0. The van der Waals surface area contributed by atoms with E-state index in [1.807, 2.05) is 6.07 Å². The number of hydrogen-bond donors (Lipinski definition) is 0. The van der Waals surface area contributed by atoms with Crippen LogP contribution in [0, 0.1) is 6.92 Å². The second-order valence-electron chi connectivity index (χ2n) is 5.63. The lowest BCUT2D eigenvalue weighted by Crippen LogP contribution is -1.89. The molecule has 0 unspecified atom stereocenters. The predicted molar refractivity (Wildman–Crippen MR) is 106 cm³/mol. The fourth-order valence-corrected chi connectivity index (χ4v) is 2.78. The molecule has 0 saturated heterocycles. The molecule has 2 heteroatoms. The maximum absolute atomic E-state index is 4.62. The van der Waals surface area contributed by atoms with Crippen LogP contribution in [0.4, 0.5) is 0 Å². The van der Waals surface area contributed by atoms with Gasteiger partial charge in [-0.1, -0.05) is 55.8 Å². The topological polar surface area (TPSA) is 12.9 Å². The standard InChI is InChI=1S/C20H21N.HI/c1-3-4-7-16-10-12-17(13-11-16)19-14-15(2)21-20-9-6-5-8-18(19)20;/h5-6,8-14H,3-4,7H2,1-2H3;1H. The Labute approximate surface area is 149 Å². The Morgan fingerprint density at radius 1 is 0.955 bits per heavy atom. The van der Waals surface area contributed by atoms with Gasteiger partial charge in [-0.15, -0.1) is 24.0 Å². The number of fused-ring (bicyclic) bond motifs is 1. The number of aromatic nitrogens is 1. The van der Waals surface area contributed by atoms with Gasteiger partial charge in [0.25, 0.3) is 0 Å². The number of rotatable bonds is 4. The molecular formula is C20H22IN. The van der Waals surface area contributed by atoms with E-state index in [1.54, 1.807) is 0 Å². The summed E-state index contributed by atoms with van der Waals surface area (Å²) in [6.45, 7) is 4.30. The Kier molecular flexibility index (Phi) is 5.95. The molecule has 0 aliphatic heterocycles. The summed E-state index contributed by atoms with van der Waals surface area (Å²) in [5, 5.41) is 1.23. The molecule has 0 atom stereocenters. The van der Waals surface area contributed by atoms with Crippen molar-refractivity contribution in [2.24, 2.45) is 0 Å². The summed E-state index contributed by atoms with van der Waals surface area (Å²) in [7, 11) is 0. The molecular weight excluding hydrogens is 381 g/mol. The number of hydrogen-bond acceptors (Lipinski definition) is 1. The molecule has 1 heterocycles. The van der Waals surface area contributed by atoms with E-state index in [-0.39, 0.29) is 24.0 Å². The van der Waals surface area contributed by atoms with Gasteiger partial charge in [0.2, 0.25) is 0 Å². The molecule has 1 aromatic heterocycles. The fraction of sp³-hybridized carbons (Fsp3) is 0.250. The number of para-hydroxylation sites is 1. The minimum atomic E-state index is 0. The summed E-state index contributed by atoms with van der Waals surface area (Å²) >= 11 is 0. The first-order chi connectivity index (χ1) is 10.3. The highest BCUT2D eigenvalue weighted by atomic mass is 127. The van der Waals surface area contributed by atoms with Crippen LogP contribution in [-0.4, -0.2) is 4.98 Å². The molecule has 0 spiro atoms. The van der Waals surface area contributed by atoms with E-state index < -0.39 is 0 Å². The van der Waals surface area contributed by atoms with E-state index in [0.29, 0.717) is 0 Å². The van der Waals surface area contributed by atoms with Crippen LogP contribution < -0.4 is 0 Å². The second-order valence-corrected chi connectivity index (χ2v) is 5.63. The molecule has 3 rings (SSSR count). The molecule has 2 aromatic carbocycles. The third-order valence-electron chi connectivity index (χ3n) is 3.93. The van der Waals surface area contributed by atoms with Gasteiger partial charge in [-0.2, -0.15) is 0 Å². The van der Waals surface area contributed by atoms with Crippen molar-refractivity contribution in [2.45, 2.75) is 33.1 Å². The van der Waals surface area contributed by atoms with Crippen molar-refractivity contribution >= 4 is 34.9 Å². The Bertz CT molecular complexity index is 747. The van der Waals surface area contributed by atoms with Crippen LogP contribution in [0.3, 0.4) is 0 Å². The van der Waals surface area contributed by atoms with Crippen molar-refractivity contribution in [3.8, 4) is 11.1 Å². The summed E-state index contributed by atoms with van der Waals surface area (Å²) in [5.41, 5.74) is 6.12. The highest BCUT2D eigenvalue weighted by Gasteiger charge is 2.06. The largest absolute Gasteiger partial charge is 0.253 e. The molecule has 1 nitrogen and oxygen atoms in total. The molecule has 0 aliphatic carbocycles. The summed E-state index contributed by atoms with van der Waals surface area (Å²) in [4.78, 5) is 4.62. The van der Waals surface area contributed by atoms with E-state index in [9.17, 15) is 0 Å². The summed E-state index contributed by atoms with van der Waals surface area (Å²) in [5.74, 6) is 0. The Morgan fingerprint density at radius 2 is 1.68 bits per heavy atom. The Hall–Kier alpha value is -1.42. The zero-order valence-electron chi connectivity index (χ0n) is 13.2. The fourth-order valence-electron chi connectivity index (χ4n) is 2.78. The predicted octanol–water partition coefficient (Wildman–Crippen LogP) is 6.17. The molecule has 0 saturated carbocycles. The van der Waals surface area contributed by atoms with Crippen molar-refractivity contribution in [1.82, 2.24) is 4.98 Å². The minimum absolute atomic E-state index is 0. The lowest BCUT2D eigenvalue weighted by molar-refractivity contribution is 0.795. The van der Waals surface area contributed by atoms with Crippen molar-refractivity contribution < 1.29 is 0 Å². The van der Waals surface area contributed by atoms with Crippen molar-refractivity contribution in [3.05, 3.63) is 65.9 Å². The molecule has 0 amide bonds. The van der Waals surface area contributed by atoms with Crippen LogP contribution in [0.1, 0.15) is 31.0 Å². The van der Waals surface area contributed by atoms with Crippen LogP contribution in [0.2, 0.25) is 0 Å². The van der Waals surface area contributed by atoms with Crippen LogP contribution >= 0.6 is 24.0 Å². The van der Waals surface area contributed by atoms with Gasteiger partial charge in [-0.25, -0.2) is 0 Å². The van der Waals surface area contributed by atoms with Gasteiger partial charge < -0.3 is 0 Å². The van der Waals surface area contributed by atoms with Crippen LogP contribution in [0.25, 0.3) is 22.0 Å². The molecule has 114 valence electrons. The molecule has 0 N–H and O–H groups in total. The number of benzene rings is 2. The van der Waals surface area contributed by atoms with Crippen LogP contribution in [-0.2, 0) is 6.42 Å². The van der Waals surface area contributed by atoms with Gasteiger partial charge >= 0.3 is 0 Å². The summed E-state index contributed by atoms with van der Waals surface area (Å²) in [6.07, 6.45) is 3.68. The minimum Gasteiger partial charge on any atom is -0.253 e. The number of aryl methyl sites for hydroxylation is 2. The third-order valence-corrected chi connectivity index (χ3v) is 3.93. The highest BCUT2D eigenvalue weighted by Crippen LogP contribution is 2.28. The van der Waals surface area contributed by atoms with Crippen LogP contribution in [0.15, 0.2) is 54.6 Å². The number of unbranched alkanes of at least 4 members (excludes halogenated alkanes) is 1. The SMILES string of the molecule is CCCCc1ccc(-c2cc(C)nc3ccccc23)cc1.I. The van der Waals surface area contributed by atoms with Crippen molar-refractivity contribution in [1.29, 1.82) is 0 Å². The first-order valence-corrected chi connectivity index (χ1v) is 7.73. The van der Waals surface area contributed by atoms with E-state index in [0.717, 1.165) is 11.2 Å². The van der Waals surface area contributed by atoms with E-state index in [2.05, 4.69) is 67.4 Å². The van der Waals surface area contributed by atoms with Gasteiger partial charge in [0.05, 0.1) is 5.52 Å². The third kappa shape index (κ3) is 3.67. The van der Waals surface area contributed by atoms with Crippen molar-refractivity contribution in [3.63, 3.8) is 0 Å². The van der Waals surface area contributed by atoms with Gasteiger partial charge in [0.15, 0.2) is 0 Å². The van der Waals surface area contributed by atoms with E-state index >= 15 is 0 Å².